The van der Waals surface area contributed by atoms with Gasteiger partial charge in [-0.3, -0.25) is 0 Å². The maximum absolute atomic E-state index is 12.9. The number of benzene rings is 1. The highest BCUT2D eigenvalue weighted by Gasteiger charge is 2.09. The highest BCUT2D eigenvalue weighted by atomic mass is 35.5. The minimum absolute atomic E-state index is 0.243. The fourth-order valence-corrected chi connectivity index (χ4v) is 1.23. The molecule has 0 aromatic heterocycles. The lowest BCUT2D eigenvalue weighted by molar-refractivity contribution is 0.192. The van der Waals surface area contributed by atoms with Crippen molar-refractivity contribution in [1.29, 1.82) is 0 Å². The van der Waals surface area contributed by atoms with Gasteiger partial charge in [0.25, 0.3) is 0 Å². The molecule has 1 aromatic carbocycles. The van der Waals surface area contributed by atoms with Gasteiger partial charge in [-0.15, -0.1) is 0 Å². The molecule has 0 saturated carbocycles. The van der Waals surface area contributed by atoms with Crippen molar-refractivity contribution in [2.45, 2.75) is 13.0 Å². The molecule has 2 nitrogen and oxygen atoms in total. The van der Waals surface area contributed by atoms with Gasteiger partial charge >= 0.3 is 0 Å². The third-order valence-electron chi connectivity index (χ3n) is 1.85. The van der Waals surface area contributed by atoms with E-state index >= 15 is 0 Å². The van der Waals surface area contributed by atoms with Gasteiger partial charge in [-0.1, -0.05) is 11.6 Å². The number of rotatable bonds is 4. The Morgan fingerprint density at radius 3 is 2.93 bits per heavy atom. The van der Waals surface area contributed by atoms with Gasteiger partial charge in [0.1, 0.15) is 18.2 Å². The lowest BCUT2D eigenvalue weighted by Crippen LogP contribution is -2.00. The fraction of sp³-hybridized carbons (Fsp3) is 0.273. The first kappa shape index (κ1) is 12.0. The van der Waals surface area contributed by atoms with E-state index < -0.39 is 11.9 Å². The van der Waals surface area contributed by atoms with Gasteiger partial charge in [0.05, 0.1) is 6.10 Å². The highest BCUT2D eigenvalue weighted by Crippen LogP contribution is 2.25. The molecule has 0 bridgehead atoms. The molecular weight excluding hydrogens is 219 g/mol. The second kappa shape index (κ2) is 5.73. The SMILES string of the molecule is CC(O)c1ccc(F)cc1OCC=CCl. The van der Waals surface area contributed by atoms with Crippen LogP contribution in [-0.2, 0) is 0 Å². The third-order valence-corrected chi connectivity index (χ3v) is 2.03. The van der Waals surface area contributed by atoms with Crippen molar-refractivity contribution in [3.8, 4) is 5.75 Å². The molecule has 0 heterocycles. The summed E-state index contributed by atoms with van der Waals surface area (Å²) >= 11 is 5.32. The lowest BCUT2D eigenvalue weighted by Gasteiger charge is -2.12. The standard InChI is InChI=1S/C11H12ClFO2/c1-8(14)10-4-3-9(13)7-11(10)15-6-2-5-12/h2-5,7-8,14H,6H2,1H3. The lowest BCUT2D eigenvalue weighted by atomic mass is 10.1. The second-order valence-electron chi connectivity index (χ2n) is 3.03. The Morgan fingerprint density at radius 2 is 2.33 bits per heavy atom. The van der Waals surface area contributed by atoms with E-state index in [1.165, 1.54) is 23.7 Å². The predicted molar refractivity (Wildman–Crippen MR) is 57.5 cm³/mol. The number of aliphatic hydroxyl groups is 1. The molecule has 0 aliphatic heterocycles. The Morgan fingerprint density at radius 1 is 1.60 bits per heavy atom. The Labute approximate surface area is 92.9 Å². The van der Waals surface area contributed by atoms with E-state index in [2.05, 4.69) is 0 Å². The first-order valence-electron chi connectivity index (χ1n) is 4.50. The van der Waals surface area contributed by atoms with Crippen LogP contribution in [0.5, 0.6) is 5.75 Å². The molecule has 1 aromatic rings. The Hall–Kier alpha value is -1.06. The number of ether oxygens (including phenoxy) is 1. The van der Waals surface area contributed by atoms with Crippen molar-refractivity contribution in [3.63, 3.8) is 0 Å². The summed E-state index contributed by atoms with van der Waals surface area (Å²) in [5.41, 5.74) is 1.88. The van der Waals surface area contributed by atoms with E-state index in [1.54, 1.807) is 13.0 Å². The van der Waals surface area contributed by atoms with E-state index in [4.69, 9.17) is 16.3 Å². The monoisotopic (exact) mass is 230 g/mol. The Kier molecular flexibility index (Phi) is 4.59. The number of halogens is 2. The van der Waals surface area contributed by atoms with Gasteiger partial charge in [0.15, 0.2) is 0 Å². The van der Waals surface area contributed by atoms with Crippen LogP contribution in [0.25, 0.3) is 0 Å². The van der Waals surface area contributed by atoms with E-state index in [0.717, 1.165) is 0 Å². The summed E-state index contributed by atoms with van der Waals surface area (Å²) in [6.45, 7) is 1.84. The van der Waals surface area contributed by atoms with Crippen LogP contribution in [0.2, 0.25) is 0 Å². The summed E-state index contributed by atoms with van der Waals surface area (Å²) in [4.78, 5) is 0. The molecule has 0 saturated heterocycles. The molecule has 1 atom stereocenters. The third kappa shape index (κ3) is 3.53. The van der Waals surface area contributed by atoms with Crippen LogP contribution in [0.15, 0.2) is 29.8 Å². The number of hydrogen-bond donors (Lipinski definition) is 1. The van der Waals surface area contributed by atoms with Gasteiger partial charge in [-0.2, -0.15) is 0 Å². The van der Waals surface area contributed by atoms with Crippen LogP contribution in [0.4, 0.5) is 4.39 Å². The summed E-state index contributed by atoms with van der Waals surface area (Å²) in [6.07, 6.45) is 0.888. The van der Waals surface area contributed by atoms with E-state index in [9.17, 15) is 9.50 Å². The first-order chi connectivity index (χ1) is 7.15. The average molecular weight is 231 g/mol. The maximum atomic E-state index is 12.9. The summed E-state index contributed by atoms with van der Waals surface area (Å²) < 4.78 is 18.2. The van der Waals surface area contributed by atoms with Crippen molar-refractivity contribution in [2.75, 3.05) is 6.61 Å². The molecule has 0 aliphatic carbocycles. The predicted octanol–water partition coefficient (Wildman–Crippen LogP) is 3.01. The summed E-state index contributed by atoms with van der Waals surface area (Å²) in [5.74, 6) is -0.0657. The normalized spacial score (nSPS) is 13.1. The molecule has 0 fully saturated rings. The average Bonchev–Trinajstić information content (AvgIpc) is 2.18. The molecule has 1 N–H and O–H groups in total. The molecule has 15 heavy (non-hydrogen) atoms. The van der Waals surface area contributed by atoms with Crippen molar-refractivity contribution in [2.24, 2.45) is 0 Å². The van der Waals surface area contributed by atoms with Crippen molar-refractivity contribution < 1.29 is 14.2 Å². The van der Waals surface area contributed by atoms with Crippen molar-refractivity contribution >= 4 is 11.6 Å². The van der Waals surface area contributed by atoms with Gasteiger partial charge in [-0.25, -0.2) is 4.39 Å². The molecule has 1 rings (SSSR count). The second-order valence-corrected chi connectivity index (χ2v) is 3.28. The topological polar surface area (TPSA) is 29.5 Å². The molecule has 1 unspecified atom stereocenters. The van der Waals surface area contributed by atoms with Gasteiger partial charge in [0.2, 0.25) is 0 Å². The Bertz CT molecular complexity index is 350. The van der Waals surface area contributed by atoms with Crippen LogP contribution < -0.4 is 4.74 Å². The van der Waals surface area contributed by atoms with Crippen molar-refractivity contribution in [1.82, 2.24) is 0 Å². The molecule has 82 valence electrons. The van der Waals surface area contributed by atoms with Crippen molar-refractivity contribution in [3.05, 3.63) is 41.2 Å². The minimum atomic E-state index is -0.694. The van der Waals surface area contributed by atoms with Gasteiger partial charge < -0.3 is 9.84 Å². The van der Waals surface area contributed by atoms with Gasteiger partial charge in [-0.05, 0) is 25.1 Å². The molecule has 4 heteroatoms. The smallest absolute Gasteiger partial charge is 0.128 e. The number of hydrogen-bond acceptors (Lipinski definition) is 2. The molecule has 0 radical (unpaired) electrons. The van der Waals surface area contributed by atoms with E-state index in [1.807, 2.05) is 0 Å². The van der Waals surface area contributed by atoms with Crippen LogP contribution >= 0.6 is 11.6 Å². The molecule has 0 spiro atoms. The van der Waals surface area contributed by atoms with Gasteiger partial charge in [0, 0.05) is 17.2 Å². The quantitative estimate of drug-likeness (QED) is 0.862. The van der Waals surface area contributed by atoms with E-state index in [0.29, 0.717) is 11.3 Å². The summed E-state index contributed by atoms with van der Waals surface area (Å²) in [5, 5.41) is 9.41. The highest BCUT2D eigenvalue weighted by molar-refractivity contribution is 6.25. The largest absolute Gasteiger partial charge is 0.489 e. The summed E-state index contributed by atoms with van der Waals surface area (Å²) in [7, 11) is 0. The fourth-order valence-electron chi connectivity index (χ4n) is 1.15. The number of aliphatic hydroxyl groups excluding tert-OH is 1. The van der Waals surface area contributed by atoms with Crippen LogP contribution in [0, 0.1) is 5.82 Å². The molecule has 0 aliphatic rings. The zero-order valence-electron chi connectivity index (χ0n) is 8.28. The summed E-state index contributed by atoms with van der Waals surface area (Å²) in [6, 6.07) is 4.02. The maximum Gasteiger partial charge on any atom is 0.128 e. The first-order valence-corrected chi connectivity index (χ1v) is 4.94. The van der Waals surface area contributed by atoms with Crippen LogP contribution in [-0.4, -0.2) is 11.7 Å². The van der Waals surface area contributed by atoms with Crippen LogP contribution in [0.3, 0.4) is 0 Å². The molecular formula is C11H12ClFO2. The zero-order valence-corrected chi connectivity index (χ0v) is 9.04. The zero-order chi connectivity index (χ0) is 11.3. The molecule has 0 amide bonds. The minimum Gasteiger partial charge on any atom is -0.489 e. The van der Waals surface area contributed by atoms with E-state index in [-0.39, 0.29) is 6.61 Å². The Balaban J connectivity index is 2.86. The van der Waals surface area contributed by atoms with Crippen LogP contribution in [0.1, 0.15) is 18.6 Å².